The topological polar surface area (TPSA) is 72.8 Å². The molecule has 0 aromatic rings. The first-order chi connectivity index (χ1) is 6.54. The normalized spacial score (nSPS) is 12.1. The van der Waals surface area contributed by atoms with Gasteiger partial charge in [-0.1, -0.05) is 6.08 Å². The average Bonchev–Trinajstić information content (AvgIpc) is 2.03. The van der Waals surface area contributed by atoms with E-state index in [0.29, 0.717) is 0 Å². The van der Waals surface area contributed by atoms with E-state index in [-0.39, 0.29) is 19.4 Å². The van der Waals surface area contributed by atoms with Crippen molar-refractivity contribution < 1.29 is 23.5 Å². The van der Waals surface area contributed by atoms with Crippen LogP contribution >= 0.6 is 7.60 Å². The Morgan fingerprint density at radius 2 is 1.86 bits per heavy atom. The molecule has 0 aromatic heterocycles. The van der Waals surface area contributed by atoms with Crippen molar-refractivity contribution in [2.45, 2.75) is 13.8 Å². The molecule has 0 rings (SSSR count). The smallest absolute Gasteiger partial charge is 0.334 e. The summed E-state index contributed by atoms with van der Waals surface area (Å²) in [7, 11) is -3.13. The molecule has 6 heteroatoms. The summed E-state index contributed by atoms with van der Waals surface area (Å²) >= 11 is 0. The third-order valence-electron chi connectivity index (χ3n) is 1.24. The van der Waals surface area contributed by atoms with Gasteiger partial charge in [-0.3, -0.25) is 4.57 Å². The van der Waals surface area contributed by atoms with Crippen LogP contribution in [0.1, 0.15) is 13.8 Å². The van der Waals surface area contributed by atoms with Gasteiger partial charge in [0.05, 0.1) is 19.4 Å². The van der Waals surface area contributed by atoms with Crippen molar-refractivity contribution in [2.24, 2.45) is 0 Å². The number of carboxylic acids is 1. The van der Waals surface area contributed by atoms with Crippen molar-refractivity contribution in [3.63, 3.8) is 0 Å². The van der Waals surface area contributed by atoms with Crippen LogP contribution in [-0.2, 0) is 18.4 Å². The molecule has 0 unspecified atom stereocenters. The number of hydrogen-bond donors (Lipinski definition) is 1. The van der Waals surface area contributed by atoms with Crippen LogP contribution in [0.4, 0.5) is 0 Å². The average molecular weight is 222 g/mol. The summed E-state index contributed by atoms with van der Waals surface area (Å²) in [6.07, 6.45) is 2.18. The molecule has 0 spiro atoms. The first-order valence-electron chi connectivity index (χ1n) is 4.31. The van der Waals surface area contributed by atoms with Gasteiger partial charge in [-0.25, -0.2) is 4.79 Å². The predicted molar refractivity (Wildman–Crippen MR) is 52.5 cm³/mol. The van der Waals surface area contributed by atoms with Gasteiger partial charge >= 0.3 is 13.6 Å². The number of rotatable bonds is 7. The van der Waals surface area contributed by atoms with E-state index in [4.69, 9.17) is 14.2 Å². The lowest BCUT2D eigenvalue weighted by Crippen LogP contribution is -1.99. The summed E-state index contributed by atoms with van der Waals surface area (Å²) < 4.78 is 21.6. The van der Waals surface area contributed by atoms with Crippen LogP contribution < -0.4 is 0 Å². The maximum absolute atomic E-state index is 11.7. The number of hydrogen-bond acceptors (Lipinski definition) is 4. The molecule has 0 saturated heterocycles. The largest absolute Gasteiger partial charge is 0.478 e. The van der Waals surface area contributed by atoms with E-state index < -0.39 is 13.6 Å². The zero-order valence-corrected chi connectivity index (χ0v) is 9.20. The van der Waals surface area contributed by atoms with Gasteiger partial charge in [0.25, 0.3) is 0 Å². The standard InChI is InChI=1S/C8H15O5P/c1-3-12-14(11,13-4-2)7-5-6-8(9)10/h5-6H,3-4,7H2,1-2H3,(H,9,10). The second-order valence-electron chi connectivity index (χ2n) is 2.37. The molecule has 0 aliphatic rings. The monoisotopic (exact) mass is 222 g/mol. The highest BCUT2D eigenvalue weighted by molar-refractivity contribution is 7.54. The van der Waals surface area contributed by atoms with Crippen molar-refractivity contribution >= 4 is 13.6 Å². The molecule has 5 nitrogen and oxygen atoms in total. The fourth-order valence-corrected chi connectivity index (χ4v) is 2.25. The molecule has 0 saturated carbocycles. The van der Waals surface area contributed by atoms with E-state index in [1.165, 1.54) is 6.08 Å². The van der Waals surface area contributed by atoms with Gasteiger partial charge in [-0.15, -0.1) is 0 Å². The van der Waals surface area contributed by atoms with Crippen molar-refractivity contribution in [3.05, 3.63) is 12.2 Å². The van der Waals surface area contributed by atoms with E-state index >= 15 is 0 Å². The molecule has 0 aliphatic carbocycles. The number of carbonyl (C=O) groups is 1. The van der Waals surface area contributed by atoms with Crippen LogP contribution in [0, 0.1) is 0 Å². The third kappa shape index (κ3) is 5.91. The van der Waals surface area contributed by atoms with Crippen LogP contribution in [0.5, 0.6) is 0 Å². The van der Waals surface area contributed by atoms with Crippen LogP contribution in [-0.4, -0.2) is 30.5 Å². The number of allylic oxidation sites excluding steroid dienone is 1. The predicted octanol–water partition coefficient (Wildman–Crippen LogP) is 1.89. The lowest BCUT2D eigenvalue weighted by atomic mass is 10.5. The molecule has 0 atom stereocenters. The number of carboxylic acid groups (broad SMARTS) is 1. The Hall–Kier alpha value is -0.640. The molecular formula is C8H15O5P. The van der Waals surface area contributed by atoms with Crippen LogP contribution in [0.25, 0.3) is 0 Å². The van der Waals surface area contributed by atoms with Gasteiger partial charge in [-0.05, 0) is 13.8 Å². The fourth-order valence-electron chi connectivity index (χ4n) is 0.819. The van der Waals surface area contributed by atoms with Gasteiger partial charge in [-0.2, -0.15) is 0 Å². The summed E-state index contributed by atoms with van der Waals surface area (Å²) in [6.45, 7) is 3.95. The highest BCUT2D eigenvalue weighted by Gasteiger charge is 2.21. The zero-order chi connectivity index (χ0) is 11.0. The molecule has 82 valence electrons. The Kier molecular flexibility index (Phi) is 6.45. The Bertz CT molecular complexity index is 238. The highest BCUT2D eigenvalue weighted by atomic mass is 31.2. The summed E-state index contributed by atoms with van der Waals surface area (Å²) in [5.41, 5.74) is 0. The first-order valence-corrected chi connectivity index (χ1v) is 6.04. The van der Waals surface area contributed by atoms with Crippen LogP contribution in [0.15, 0.2) is 12.2 Å². The Morgan fingerprint density at radius 3 is 2.21 bits per heavy atom. The van der Waals surface area contributed by atoms with Crippen LogP contribution in [0.3, 0.4) is 0 Å². The van der Waals surface area contributed by atoms with Gasteiger partial charge in [0.1, 0.15) is 0 Å². The second-order valence-corrected chi connectivity index (χ2v) is 4.47. The first kappa shape index (κ1) is 13.4. The Morgan fingerprint density at radius 1 is 1.36 bits per heavy atom. The molecule has 0 heterocycles. The van der Waals surface area contributed by atoms with E-state index in [0.717, 1.165) is 6.08 Å². The SMILES string of the molecule is CCOP(=O)(CC=CC(=O)O)OCC. The quantitative estimate of drug-likeness (QED) is 0.526. The van der Waals surface area contributed by atoms with Gasteiger partial charge in [0.2, 0.25) is 0 Å². The number of aliphatic carboxylic acids is 1. The van der Waals surface area contributed by atoms with Crippen LogP contribution in [0.2, 0.25) is 0 Å². The maximum Gasteiger partial charge on any atom is 0.334 e. The van der Waals surface area contributed by atoms with Crippen molar-refractivity contribution in [1.29, 1.82) is 0 Å². The van der Waals surface area contributed by atoms with E-state index in [1.54, 1.807) is 13.8 Å². The minimum absolute atomic E-state index is 0.0129. The molecule has 0 amide bonds. The molecule has 0 radical (unpaired) electrons. The van der Waals surface area contributed by atoms with Gasteiger partial charge in [0, 0.05) is 6.08 Å². The summed E-state index contributed by atoms with van der Waals surface area (Å²) in [6, 6.07) is 0. The second kappa shape index (κ2) is 6.76. The van der Waals surface area contributed by atoms with E-state index in [1.807, 2.05) is 0 Å². The molecule has 0 fully saturated rings. The van der Waals surface area contributed by atoms with E-state index in [9.17, 15) is 9.36 Å². The minimum Gasteiger partial charge on any atom is -0.478 e. The van der Waals surface area contributed by atoms with Gasteiger partial charge in [0.15, 0.2) is 0 Å². The molecule has 0 aliphatic heterocycles. The Labute approximate surface area is 83.3 Å². The molecule has 0 aromatic carbocycles. The minimum atomic E-state index is -3.13. The zero-order valence-electron chi connectivity index (χ0n) is 8.30. The lowest BCUT2D eigenvalue weighted by molar-refractivity contribution is -0.131. The van der Waals surface area contributed by atoms with Crippen molar-refractivity contribution in [2.75, 3.05) is 19.4 Å². The summed E-state index contributed by atoms with van der Waals surface area (Å²) in [4.78, 5) is 10.1. The maximum atomic E-state index is 11.7. The third-order valence-corrected chi connectivity index (χ3v) is 3.20. The molecule has 1 N–H and O–H groups in total. The fraction of sp³-hybridized carbons (Fsp3) is 0.625. The van der Waals surface area contributed by atoms with Crippen molar-refractivity contribution in [3.8, 4) is 0 Å². The molecular weight excluding hydrogens is 207 g/mol. The summed E-state index contributed by atoms with van der Waals surface area (Å²) in [5, 5.41) is 8.31. The van der Waals surface area contributed by atoms with Crippen molar-refractivity contribution in [1.82, 2.24) is 0 Å². The lowest BCUT2D eigenvalue weighted by Gasteiger charge is -2.14. The Balaban J connectivity index is 4.22. The molecule has 14 heavy (non-hydrogen) atoms. The van der Waals surface area contributed by atoms with Gasteiger partial charge < -0.3 is 14.2 Å². The molecule has 0 bridgehead atoms. The van der Waals surface area contributed by atoms with E-state index in [2.05, 4.69) is 0 Å². The summed E-state index contributed by atoms with van der Waals surface area (Å²) in [5.74, 6) is -1.08. The highest BCUT2D eigenvalue weighted by Crippen LogP contribution is 2.47.